The minimum absolute atomic E-state index is 0.697. The summed E-state index contributed by atoms with van der Waals surface area (Å²) in [7, 11) is 0.205. The number of benzene rings is 1. The molecule has 0 heterocycles. The van der Waals surface area contributed by atoms with Crippen LogP contribution in [0.25, 0.3) is 0 Å². The van der Waals surface area contributed by atoms with Crippen molar-refractivity contribution in [2.75, 3.05) is 7.11 Å². The number of ether oxygens (including phenoxy) is 1. The Labute approximate surface area is 98.3 Å². The molecule has 16 heavy (non-hydrogen) atoms. The molecule has 0 aliphatic heterocycles. The molecular formula is C13H18O2Si. The highest BCUT2D eigenvalue weighted by Gasteiger charge is 2.09. The first-order valence-corrected chi connectivity index (χ1v) is 8.77. The molecule has 0 amide bonds. The average Bonchev–Trinajstić information content (AvgIpc) is 2.25. The third-order valence-electron chi connectivity index (χ3n) is 2.02. The van der Waals surface area contributed by atoms with Crippen LogP contribution in [0.5, 0.6) is 5.75 Å². The van der Waals surface area contributed by atoms with E-state index in [1.54, 1.807) is 7.11 Å². The summed E-state index contributed by atoms with van der Waals surface area (Å²) in [5.41, 5.74) is 3.97. The highest BCUT2D eigenvalue weighted by molar-refractivity contribution is 6.83. The van der Waals surface area contributed by atoms with Crippen molar-refractivity contribution in [2.45, 2.75) is 25.7 Å². The van der Waals surface area contributed by atoms with Gasteiger partial charge in [0, 0.05) is 0 Å². The molecule has 1 atom stereocenters. The second kappa shape index (κ2) is 5.20. The van der Waals surface area contributed by atoms with Crippen LogP contribution in [0.4, 0.5) is 0 Å². The molecule has 1 N–H and O–H groups in total. The minimum Gasteiger partial charge on any atom is -0.497 e. The smallest absolute Gasteiger partial charge is 0.139 e. The maximum atomic E-state index is 9.86. The molecule has 0 spiro atoms. The molecule has 1 rings (SSSR count). The van der Waals surface area contributed by atoms with Crippen molar-refractivity contribution in [3.8, 4) is 17.2 Å². The van der Waals surface area contributed by atoms with Gasteiger partial charge >= 0.3 is 0 Å². The van der Waals surface area contributed by atoms with Gasteiger partial charge in [0.1, 0.15) is 19.9 Å². The van der Waals surface area contributed by atoms with Crippen molar-refractivity contribution in [3.63, 3.8) is 0 Å². The van der Waals surface area contributed by atoms with E-state index >= 15 is 0 Å². The first-order valence-electron chi connectivity index (χ1n) is 5.27. The summed E-state index contributed by atoms with van der Waals surface area (Å²) in [4.78, 5) is 0. The second-order valence-corrected chi connectivity index (χ2v) is 9.45. The predicted octanol–water partition coefficient (Wildman–Crippen LogP) is 2.61. The SMILES string of the molecule is COc1ccc(C(O)C#C[Si](C)(C)C)cc1. The normalized spacial score (nSPS) is 12.6. The number of methoxy groups -OCH3 is 1. The van der Waals surface area contributed by atoms with E-state index in [2.05, 4.69) is 31.1 Å². The van der Waals surface area contributed by atoms with E-state index < -0.39 is 14.2 Å². The lowest BCUT2D eigenvalue weighted by atomic mass is 10.1. The number of rotatable bonds is 2. The minimum atomic E-state index is -1.42. The third kappa shape index (κ3) is 4.09. The fourth-order valence-corrected chi connectivity index (χ4v) is 1.72. The van der Waals surface area contributed by atoms with Crippen LogP contribution in [-0.4, -0.2) is 20.3 Å². The molecule has 86 valence electrons. The van der Waals surface area contributed by atoms with Crippen LogP contribution >= 0.6 is 0 Å². The average molecular weight is 234 g/mol. The summed E-state index contributed by atoms with van der Waals surface area (Å²) in [6.07, 6.45) is -0.697. The zero-order chi connectivity index (χ0) is 12.2. The topological polar surface area (TPSA) is 29.5 Å². The monoisotopic (exact) mass is 234 g/mol. The van der Waals surface area contributed by atoms with Gasteiger partial charge in [-0.1, -0.05) is 37.7 Å². The van der Waals surface area contributed by atoms with Gasteiger partial charge in [-0.3, -0.25) is 0 Å². The van der Waals surface area contributed by atoms with E-state index in [9.17, 15) is 5.11 Å². The van der Waals surface area contributed by atoms with Gasteiger partial charge in [-0.2, -0.15) is 0 Å². The van der Waals surface area contributed by atoms with Crippen molar-refractivity contribution < 1.29 is 9.84 Å². The van der Waals surface area contributed by atoms with Gasteiger partial charge in [-0.15, -0.1) is 5.54 Å². The zero-order valence-electron chi connectivity index (χ0n) is 10.2. The van der Waals surface area contributed by atoms with Crippen LogP contribution in [0.1, 0.15) is 11.7 Å². The molecule has 0 bridgehead atoms. The molecule has 0 aliphatic rings. The second-order valence-electron chi connectivity index (χ2n) is 4.70. The first kappa shape index (κ1) is 12.8. The standard InChI is InChI=1S/C13H18O2Si/c1-15-12-7-5-11(6-8-12)13(14)9-10-16(2,3)4/h5-8,13-14H,1-4H3. The largest absolute Gasteiger partial charge is 0.497 e. The Hall–Kier alpha value is -1.24. The maximum Gasteiger partial charge on any atom is 0.139 e. The van der Waals surface area contributed by atoms with Crippen molar-refractivity contribution >= 4 is 8.07 Å². The number of hydrogen-bond acceptors (Lipinski definition) is 2. The highest BCUT2D eigenvalue weighted by atomic mass is 28.3. The summed E-state index contributed by atoms with van der Waals surface area (Å²) < 4.78 is 5.05. The van der Waals surface area contributed by atoms with E-state index in [1.807, 2.05) is 24.3 Å². The summed E-state index contributed by atoms with van der Waals surface area (Å²) in [6, 6.07) is 7.33. The summed E-state index contributed by atoms with van der Waals surface area (Å²) >= 11 is 0. The molecule has 2 nitrogen and oxygen atoms in total. The summed E-state index contributed by atoms with van der Waals surface area (Å²) in [5, 5.41) is 9.86. The van der Waals surface area contributed by atoms with E-state index in [-0.39, 0.29) is 0 Å². The van der Waals surface area contributed by atoms with Gasteiger partial charge < -0.3 is 9.84 Å². The molecule has 1 aromatic carbocycles. The van der Waals surface area contributed by atoms with E-state index in [0.717, 1.165) is 11.3 Å². The van der Waals surface area contributed by atoms with Crippen molar-refractivity contribution in [1.82, 2.24) is 0 Å². The van der Waals surface area contributed by atoms with Crippen LogP contribution in [0.2, 0.25) is 19.6 Å². The molecule has 1 unspecified atom stereocenters. The zero-order valence-corrected chi connectivity index (χ0v) is 11.2. The van der Waals surface area contributed by atoms with Gasteiger partial charge in [0.25, 0.3) is 0 Å². The molecular weight excluding hydrogens is 216 g/mol. The van der Waals surface area contributed by atoms with Crippen LogP contribution in [0.3, 0.4) is 0 Å². The molecule has 0 aliphatic carbocycles. The summed E-state index contributed by atoms with van der Waals surface area (Å²) in [6.45, 7) is 6.46. The Morgan fingerprint density at radius 3 is 2.19 bits per heavy atom. The van der Waals surface area contributed by atoms with Crippen molar-refractivity contribution in [1.29, 1.82) is 0 Å². The van der Waals surface area contributed by atoms with Gasteiger partial charge in [-0.25, -0.2) is 0 Å². The predicted molar refractivity (Wildman–Crippen MR) is 69.1 cm³/mol. The van der Waals surface area contributed by atoms with Gasteiger partial charge in [-0.05, 0) is 17.7 Å². The molecule has 1 aromatic rings. The van der Waals surface area contributed by atoms with Crippen LogP contribution in [0.15, 0.2) is 24.3 Å². The molecule has 0 radical (unpaired) electrons. The van der Waals surface area contributed by atoms with Crippen molar-refractivity contribution in [3.05, 3.63) is 29.8 Å². The molecule has 3 heteroatoms. The van der Waals surface area contributed by atoms with E-state index in [1.165, 1.54) is 0 Å². The quantitative estimate of drug-likeness (QED) is 0.629. The highest BCUT2D eigenvalue weighted by Crippen LogP contribution is 2.17. The first-order chi connectivity index (χ1) is 7.42. The molecule has 0 aromatic heterocycles. The van der Waals surface area contributed by atoms with Crippen LogP contribution < -0.4 is 4.74 Å². The number of aliphatic hydroxyl groups excluding tert-OH is 1. The van der Waals surface area contributed by atoms with Gasteiger partial charge in [0.2, 0.25) is 0 Å². The third-order valence-corrected chi connectivity index (χ3v) is 2.91. The molecule has 0 saturated carbocycles. The number of hydrogen-bond donors (Lipinski definition) is 1. The number of aliphatic hydroxyl groups is 1. The lowest BCUT2D eigenvalue weighted by molar-refractivity contribution is 0.238. The Morgan fingerprint density at radius 1 is 1.19 bits per heavy atom. The lowest BCUT2D eigenvalue weighted by Gasteiger charge is -2.07. The van der Waals surface area contributed by atoms with E-state index in [4.69, 9.17) is 4.74 Å². The Bertz CT molecular complexity index is 393. The van der Waals surface area contributed by atoms with Crippen molar-refractivity contribution in [2.24, 2.45) is 0 Å². The Morgan fingerprint density at radius 2 is 1.75 bits per heavy atom. The van der Waals surface area contributed by atoms with E-state index in [0.29, 0.717) is 0 Å². The van der Waals surface area contributed by atoms with Gasteiger partial charge in [0.15, 0.2) is 0 Å². The fourth-order valence-electron chi connectivity index (χ4n) is 1.15. The molecule has 0 saturated heterocycles. The maximum absolute atomic E-state index is 9.86. The summed E-state index contributed by atoms with van der Waals surface area (Å²) in [5.74, 6) is 3.69. The fraction of sp³-hybridized carbons (Fsp3) is 0.385. The van der Waals surface area contributed by atoms with Gasteiger partial charge in [0.05, 0.1) is 7.11 Å². The van der Waals surface area contributed by atoms with Crippen LogP contribution in [0, 0.1) is 11.5 Å². The molecule has 0 fully saturated rings. The lowest BCUT2D eigenvalue weighted by Crippen LogP contribution is -2.16. The Kier molecular flexibility index (Phi) is 4.16. The van der Waals surface area contributed by atoms with Crippen LogP contribution in [-0.2, 0) is 0 Å². The Balaban J connectivity index is 2.79.